The normalized spacial score (nSPS) is 16.4. The van der Waals surface area contributed by atoms with E-state index in [2.05, 4.69) is 15.3 Å². The van der Waals surface area contributed by atoms with Gasteiger partial charge in [0.2, 0.25) is 15.0 Å². The Morgan fingerprint density at radius 1 is 1.21 bits per heavy atom. The van der Waals surface area contributed by atoms with Gasteiger partial charge in [0, 0.05) is 26.7 Å². The third-order valence-corrected chi connectivity index (χ3v) is 7.70. The van der Waals surface area contributed by atoms with E-state index >= 15 is 0 Å². The fraction of sp³-hybridized carbons (Fsp3) is 0.737. The van der Waals surface area contributed by atoms with Crippen LogP contribution in [0.25, 0.3) is 0 Å². The predicted molar refractivity (Wildman–Crippen MR) is 107 cm³/mol. The molecule has 29 heavy (non-hydrogen) atoms. The van der Waals surface area contributed by atoms with Crippen LogP contribution < -0.4 is 0 Å². The standard InChI is InChI=1S/C19H31N5O4S/c1-15-18(22-28-21-15)14-23(2)13-16-12-20-19(24(16)10-11-27-3)29(25,26)17-8-6-4-5-7-9-17/h12,17H,4-11,13-14H2,1-3H3. The quantitative estimate of drug-likeness (QED) is 0.564. The van der Waals surface area contributed by atoms with Gasteiger partial charge in [-0.3, -0.25) is 4.90 Å². The summed E-state index contributed by atoms with van der Waals surface area (Å²) in [5.74, 6) is 0. The van der Waals surface area contributed by atoms with Crippen molar-refractivity contribution in [2.24, 2.45) is 0 Å². The minimum Gasteiger partial charge on any atom is -0.383 e. The van der Waals surface area contributed by atoms with Crippen LogP contribution in [0.5, 0.6) is 0 Å². The summed E-state index contributed by atoms with van der Waals surface area (Å²) in [6.45, 7) is 3.80. The number of imidazole rings is 1. The molecule has 2 aromatic heterocycles. The molecular formula is C19H31N5O4S. The molecule has 0 saturated heterocycles. The second-order valence-corrected chi connectivity index (χ2v) is 9.93. The van der Waals surface area contributed by atoms with Crippen LogP contribution in [-0.4, -0.2) is 59.2 Å². The van der Waals surface area contributed by atoms with Crippen molar-refractivity contribution in [3.05, 3.63) is 23.3 Å². The van der Waals surface area contributed by atoms with Gasteiger partial charge in [-0.15, -0.1) is 0 Å². The third kappa shape index (κ3) is 5.23. The molecule has 0 aromatic carbocycles. The fourth-order valence-electron chi connectivity index (χ4n) is 3.85. The minimum atomic E-state index is -3.48. The minimum absolute atomic E-state index is 0.170. The van der Waals surface area contributed by atoms with Crippen molar-refractivity contribution in [3.8, 4) is 0 Å². The highest BCUT2D eigenvalue weighted by molar-refractivity contribution is 7.91. The smallest absolute Gasteiger partial charge is 0.228 e. The molecule has 1 saturated carbocycles. The lowest BCUT2D eigenvalue weighted by molar-refractivity contribution is 0.181. The van der Waals surface area contributed by atoms with E-state index in [4.69, 9.17) is 9.37 Å². The first-order valence-corrected chi connectivity index (χ1v) is 11.7. The summed E-state index contributed by atoms with van der Waals surface area (Å²) in [4.78, 5) is 6.40. The van der Waals surface area contributed by atoms with E-state index in [9.17, 15) is 8.42 Å². The summed E-state index contributed by atoms with van der Waals surface area (Å²) in [5, 5.41) is 7.55. The van der Waals surface area contributed by atoms with Crippen molar-refractivity contribution in [1.82, 2.24) is 24.8 Å². The lowest BCUT2D eigenvalue weighted by atomic mass is 10.2. The Balaban J connectivity index is 1.82. The van der Waals surface area contributed by atoms with Crippen LogP contribution in [-0.2, 0) is 34.2 Å². The molecule has 3 rings (SSSR count). The molecule has 0 amide bonds. The summed E-state index contributed by atoms with van der Waals surface area (Å²) in [6.07, 6.45) is 7.24. The summed E-state index contributed by atoms with van der Waals surface area (Å²) in [7, 11) is 0.0817. The molecule has 2 aromatic rings. The zero-order valence-corrected chi connectivity index (χ0v) is 18.3. The molecule has 2 heterocycles. The zero-order valence-electron chi connectivity index (χ0n) is 17.5. The van der Waals surface area contributed by atoms with Crippen LogP contribution in [0.15, 0.2) is 16.0 Å². The van der Waals surface area contributed by atoms with Crippen molar-refractivity contribution >= 4 is 9.84 Å². The van der Waals surface area contributed by atoms with E-state index < -0.39 is 9.84 Å². The maximum Gasteiger partial charge on any atom is 0.228 e. The molecule has 0 radical (unpaired) electrons. The number of methoxy groups -OCH3 is 1. The van der Waals surface area contributed by atoms with Gasteiger partial charge in [0.1, 0.15) is 11.4 Å². The number of nitrogens with zero attached hydrogens (tertiary/aromatic N) is 5. The molecule has 9 nitrogen and oxygen atoms in total. The van der Waals surface area contributed by atoms with Crippen LogP contribution in [0, 0.1) is 6.92 Å². The summed E-state index contributed by atoms with van der Waals surface area (Å²) in [6, 6.07) is 0. The fourth-order valence-corrected chi connectivity index (χ4v) is 5.82. The average Bonchev–Trinajstić information content (AvgIpc) is 3.15. The molecular weight excluding hydrogens is 394 g/mol. The highest BCUT2D eigenvalue weighted by Crippen LogP contribution is 2.28. The Morgan fingerprint density at radius 2 is 1.93 bits per heavy atom. The second-order valence-electron chi connectivity index (χ2n) is 7.80. The molecule has 0 atom stereocenters. The average molecular weight is 426 g/mol. The van der Waals surface area contributed by atoms with Crippen molar-refractivity contribution in [3.63, 3.8) is 0 Å². The predicted octanol–water partition coefficient (Wildman–Crippen LogP) is 2.35. The molecule has 0 unspecified atom stereocenters. The maximum atomic E-state index is 13.4. The highest BCUT2D eigenvalue weighted by atomic mass is 32.2. The first-order valence-electron chi connectivity index (χ1n) is 10.2. The monoisotopic (exact) mass is 425 g/mol. The molecule has 1 fully saturated rings. The van der Waals surface area contributed by atoms with Gasteiger partial charge in [-0.1, -0.05) is 36.0 Å². The largest absolute Gasteiger partial charge is 0.383 e. The van der Waals surface area contributed by atoms with Crippen molar-refractivity contribution in [1.29, 1.82) is 0 Å². The molecule has 0 aliphatic heterocycles. The van der Waals surface area contributed by atoms with Gasteiger partial charge in [-0.25, -0.2) is 18.0 Å². The first-order chi connectivity index (χ1) is 13.9. The van der Waals surface area contributed by atoms with Gasteiger partial charge >= 0.3 is 0 Å². The number of hydrogen-bond acceptors (Lipinski definition) is 8. The van der Waals surface area contributed by atoms with Gasteiger partial charge in [0.15, 0.2) is 0 Å². The number of aryl methyl sites for hydroxylation is 1. The van der Waals surface area contributed by atoms with Gasteiger partial charge < -0.3 is 9.30 Å². The lowest BCUT2D eigenvalue weighted by Gasteiger charge is -2.19. The van der Waals surface area contributed by atoms with Crippen LogP contribution in [0.3, 0.4) is 0 Å². The lowest BCUT2D eigenvalue weighted by Crippen LogP contribution is -2.26. The number of hydrogen-bond donors (Lipinski definition) is 0. The molecule has 1 aliphatic carbocycles. The summed E-state index contributed by atoms with van der Waals surface area (Å²) in [5.41, 5.74) is 2.36. The van der Waals surface area contributed by atoms with Crippen LogP contribution in [0.4, 0.5) is 0 Å². The Kier molecular flexibility index (Phi) is 7.42. The maximum absolute atomic E-state index is 13.4. The van der Waals surface area contributed by atoms with Gasteiger partial charge in [-0.2, -0.15) is 0 Å². The topological polar surface area (TPSA) is 103 Å². The van der Waals surface area contributed by atoms with Gasteiger partial charge in [0.25, 0.3) is 0 Å². The Labute approximate surface area is 172 Å². The molecule has 162 valence electrons. The van der Waals surface area contributed by atoms with E-state index in [1.807, 2.05) is 18.9 Å². The van der Waals surface area contributed by atoms with Crippen LogP contribution in [0.1, 0.15) is 55.6 Å². The Hall–Kier alpha value is -1.78. The van der Waals surface area contributed by atoms with Crippen molar-refractivity contribution < 1.29 is 17.8 Å². The molecule has 0 spiro atoms. The molecule has 10 heteroatoms. The van der Waals surface area contributed by atoms with Crippen LogP contribution in [0.2, 0.25) is 0 Å². The van der Waals surface area contributed by atoms with E-state index in [0.717, 1.165) is 42.8 Å². The number of ether oxygens (including phenoxy) is 1. The van der Waals surface area contributed by atoms with E-state index in [1.165, 1.54) is 0 Å². The Bertz CT molecular complexity index is 884. The number of sulfone groups is 1. The Morgan fingerprint density at radius 3 is 2.55 bits per heavy atom. The third-order valence-electron chi connectivity index (χ3n) is 5.51. The summed E-state index contributed by atoms with van der Waals surface area (Å²) >= 11 is 0. The van der Waals surface area contributed by atoms with Crippen LogP contribution >= 0.6 is 0 Å². The van der Waals surface area contributed by atoms with Crippen molar-refractivity contribution in [2.75, 3.05) is 20.8 Å². The van der Waals surface area contributed by atoms with Crippen molar-refractivity contribution in [2.45, 2.75) is 75.5 Å². The first kappa shape index (κ1) is 21.9. The number of rotatable bonds is 9. The molecule has 0 N–H and O–H groups in total. The van der Waals surface area contributed by atoms with Gasteiger partial charge in [-0.05, 0) is 26.8 Å². The van der Waals surface area contributed by atoms with Gasteiger partial charge in [0.05, 0.1) is 23.7 Å². The molecule has 1 aliphatic rings. The van der Waals surface area contributed by atoms with E-state index in [1.54, 1.807) is 17.9 Å². The van der Waals surface area contributed by atoms with E-state index in [0.29, 0.717) is 39.1 Å². The highest BCUT2D eigenvalue weighted by Gasteiger charge is 2.33. The second kappa shape index (κ2) is 9.82. The van der Waals surface area contributed by atoms with E-state index in [-0.39, 0.29) is 10.4 Å². The summed E-state index contributed by atoms with van der Waals surface area (Å²) < 4.78 is 38.5. The zero-order chi connectivity index (χ0) is 20.9. The number of aromatic nitrogens is 4. The molecule has 0 bridgehead atoms. The SMILES string of the molecule is COCCn1c(CN(C)Cc2nonc2C)cnc1S(=O)(=O)C1CCCCCC1.